The zero-order valence-corrected chi connectivity index (χ0v) is 24.5. The minimum Gasteiger partial charge on any atom is -0.343 e. The summed E-state index contributed by atoms with van der Waals surface area (Å²) in [4.78, 5) is 59.1. The van der Waals surface area contributed by atoms with Crippen LogP contribution in [-0.2, 0) is 19.2 Å². The third-order valence-electron chi connectivity index (χ3n) is 6.79. The summed E-state index contributed by atoms with van der Waals surface area (Å²) in [6, 6.07) is 3.70. The first-order valence-electron chi connectivity index (χ1n) is 13.5. The van der Waals surface area contributed by atoms with Crippen LogP contribution in [0.1, 0.15) is 72.6 Å². The highest BCUT2D eigenvalue weighted by molar-refractivity contribution is 8.76. The van der Waals surface area contributed by atoms with Crippen LogP contribution in [0.15, 0.2) is 29.4 Å². The molecular formula is C27H41N5O4S2. The van der Waals surface area contributed by atoms with Crippen molar-refractivity contribution in [2.75, 3.05) is 12.3 Å². The molecule has 3 heterocycles. The third-order valence-corrected chi connectivity index (χ3v) is 9.14. The fourth-order valence-corrected chi connectivity index (χ4v) is 6.73. The molecule has 9 nitrogen and oxygen atoms in total. The van der Waals surface area contributed by atoms with E-state index >= 15 is 0 Å². The Labute approximate surface area is 233 Å². The van der Waals surface area contributed by atoms with Gasteiger partial charge in [0.25, 0.3) is 0 Å². The molecule has 2 saturated heterocycles. The number of carbonyl (C=O) groups is 4. The van der Waals surface area contributed by atoms with Crippen LogP contribution in [-0.4, -0.2) is 69.5 Å². The molecule has 0 aromatic carbocycles. The summed E-state index contributed by atoms with van der Waals surface area (Å²) in [6.45, 7) is 7.68. The highest BCUT2D eigenvalue weighted by Gasteiger charge is 2.42. The number of fused-ring (bicyclic) bond motifs is 1. The second-order valence-electron chi connectivity index (χ2n) is 10.9. The van der Waals surface area contributed by atoms with Gasteiger partial charge in [0, 0.05) is 18.5 Å². The molecule has 0 aliphatic carbocycles. The smallest absolute Gasteiger partial charge is 0.245 e. The minimum absolute atomic E-state index is 0.168. The maximum absolute atomic E-state index is 13.5. The van der Waals surface area contributed by atoms with Crippen molar-refractivity contribution in [2.45, 2.75) is 101 Å². The number of aromatic nitrogens is 1. The van der Waals surface area contributed by atoms with Crippen LogP contribution in [0.25, 0.3) is 0 Å². The van der Waals surface area contributed by atoms with Gasteiger partial charge in [-0.05, 0) is 74.8 Å². The molecule has 4 amide bonds. The van der Waals surface area contributed by atoms with Gasteiger partial charge in [-0.3, -0.25) is 19.2 Å². The number of nitrogens with zero attached hydrogens (tertiary/aromatic N) is 2. The quantitative estimate of drug-likeness (QED) is 0.295. The topological polar surface area (TPSA) is 120 Å². The molecule has 0 unspecified atom stereocenters. The summed E-state index contributed by atoms with van der Waals surface area (Å²) in [7, 11) is 3.39. The Bertz CT molecular complexity index is 975. The van der Waals surface area contributed by atoms with Gasteiger partial charge in [0.15, 0.2) is 0 Å². The molecule has 1 aromatic rings. The highest BCUT2D eigenvalue weighted by Crippen LogP contribution is 2.30. The second-order valence-corrected chi connectivity index (χ2v) is 13.4. The molecule has 3 rings (SSSR count). The highest BCUT2D eigenvalue weighted by atomic mass is 33.1. The maximum atomic E-state index is 13.5. The molecule has 2 aliphatic rings. The van der Waals surface area contributed by atoms with Crippen LogP contribution in [0.3, 0.4) is 0 Å². The van der Waals surface area contributed by atoms with Crippen LogP contribution in [0.5, 0.6) is 0 Å². The van der Waals surface area contributed by atoms with E-state index in [0.29, 0.717) is 32.2 Å². The number of carbonyl (C=O) groups excluding carboxylic acids is 4. The summed E-state index contributed by atoms with van der Waals surface area (Å²) in [6.07, 6.45) is 6.59. The van der Waals surface area contributed by atoms with Crippen molar-refractivity contribution in [3.8, 4) is 0 Å². The van der Waals surface area contributed by atoms with Gasteiger partial charge in [-0.1, -0.05) is 43.5 Å². The standard InChI is InChI=1S/C27H41N5O4S2/c1-18(2)17-20-25(35)32-15-10-12-21(32)24(34)29-19(23(33)31-27(3,4)26(36)30-20)11-6-5-9-16-37-38-22-13-7-8-14-28-22/h7-8,13-14,18-21H,5-6,9-12,15-17H2,1-4H3,(H,29,34)(H,30,36)(H,31,33)/t19-,20-,21+/m0/s1. The average molecular weight is 564 g/mol. The molecular weight excluding hydrogens is 522 g/mol. The molecule has 1 aromatic heterocycles. The van der Waals surface area contributed by atoms with Crippen molar-refractivity contribution in [3.63, 3.8) is 0 Å². The number of rotatable bonds is 10. The third kappa shape index (κ3) is 8.62. The van der Waals surface area contributed by atoms with Crippen LogP contribution >= 0.6 is 21.6 Å². The van der Waals surface area contributed by atoms with Gasteiger partial charge in [0.2, 0.25) is 23.6 Å². The Balaban J connectivity index is 1.63. The summed E-state index contributed by atoms with van der Waals surface area (Å²) < 4.78 is 0. The summed E-state index contributed by atoms with van der Waals surface area (Å²) in [5, 5.41) is 9.58. The summed E-state index contributed by atoms with van der Waals surface area (Å²) in [5.41, 5.74) is -1.24. The predicted molar refractivity (Wildman–Crippen MR) is 151 cm³/mol. The van der Waals surface area contributed by atoms with E-state index in [1.54, 1.807) is 46.5 Å². The fraction of sp³-hybridized carbons (Fsp3) is 0.667. The summed E-state index contributed by atoms with van der Waals surface area (Å²) in [5.74, 6) is -0.199. The molecule has 210 valence electrons. The van der Waals surface area contributed by atoms with E-state index in [2.05, 4.69) is 20.9 Å². The van der Waals surface area contributed by atoms with Crippen LogP contribution in [0.2, 0.25) is 0 Å². The van der Waals surface area contributed by atoms with Crippen LogP contribution in [0, 0.1) is 5.92 Å². The lowest BCUT2D eigenvalue weighted by Gasteiger charge is -2.35. The number of pyridine rings is 1. The molecule has 0 saturated carbocycles. The van der Waals surface area contributed by atoms with Gasteiger partial charge in [0.1, 0.15) is 28.7 Å². The molecule has 0 spiro atoms. The van der Waals surface area contributed by atoms with Gasteiger partial charge in [-0.2, -0.15) is 0 Å². The van der Waals surface area contributed by atoms with Gasteiger partial charge in [-0.25, -0.2) is 4.98 Å². The molecule has 3 atom stereocenters. The molecule has 0 radical (unpaired) electrons. The minimum atomic E-state index is -1.24. The zero-order chi connectivity index (χ0) is 27.7. The van der Waals surface area contributed by atoms with Gasteiger partial charge in [0.05, 0.1) is 0 Å². The van der Waals surface area contributed by atoms with Crippen molar-refractivity contribution in [1.29, 1.82) is 0 Å². The number of hydrogen-bond donors (Lipinski definition) is 3. The first kappa shape index (κ1) is 30.3. The predicted octanol–water partition coefficient (Wildman–Crippen LogP) is 3.30. The van der Waals surface area contributed by atoms with E-state index in [-0.39, 0.29) is 23.6 Å². The Kier molecular flexibility index (Phi) is 11.3. The molecule has 2 aliphatic heterocycles. The first-order chi connectivity index (χ1) is 18.1. The lowest BCUT2D eigenvalue weighted by molar-refractivity contribution is -0.144. The van der Waals surface area contributed by atoms with E-state index in [4.69, 9.17) is 0 Å². The molecule has 38 heavy (non-hydrogen) atoms. The molecule has 0 bridgehead atoms. The van der Waals surface area contributed by atoms with E-state index in [0.717, 1.165) is 30.0 Å². The monoisotopic (exact) mass is 563 g/mol. The molecule has 2 fully saturated rings. The van der Waals surface area contributed by atoms with Crippen molar-refractivity contribution >= 4 is 45.2 Å². The van der Waals surface area contributed by atoms with Crippen LogP contribution in [0.4, 0.5) is 0 Å². The number of nitrogens with one attached hydrogen (secondary N) is 3. The van der Waals surface area contributed by atoms with Gasteiger partial charge >= 0.3 is 0 Å². The largest absolute Gasteiger partial charge is 0.343 e. The SMILES string of the molecule is CC(C)C[C@@H]1NC(=O)C(C)(C)NC(=O)[C@H](CCCCCSSc2ccccn2)NC(=O)[C@H]2CCCN2C1=O. The van der Waals surface area contributed by atoms with E-state index in [1.165, 1.54) is 0 Å². The summed E-state index contributed by atoms with van der Waals surface area (Å²) >= 11 is 0. The van der Waals surface area contributed by atoms with Crippen molar-refractivity contribution < 1.29 is 19.2 Å². The molecule has 3 N–H and O–H groups in total. The van der Waals surface area contributed by atoms with Gasteiger partial charge in [-0.15, -0.1) is 0 Å². The van der Waals surface area contributed by atoms with Crippen molar-refractivity contribution in [1.82, 2.24) is 25.8 Å². The number of unbranched alkanes of at least 4 members (excludes halogenated alkanes) is 2. The molecule has 11 heteroatoms. The number of hydrogen-bond acceptors (Lipinski definition) is 7. The Morgan fingerprint density at radius 3 is 2.55 bits per heavy atom. The Morgan fingerprint density at radius 2 is 1.84 bits per heavy atom. The first-order valence-corrected chi connectivity index (χ1v) is 15.8. The zero-order valence-electron chi connectivity index (χ0n) is 22.8. The Hall–Kier alpha value is -2.27. The van der Waals surface area contributed by atoms with Crippen molar-refractivity contribution in [3.05, 3.63) is 24.4 Å². The maximum Gasteiger partial charge on any atom is 0.245 e. The lowest BCUT2D eigenvalue weighted by Crippen LogP contribution is -2.64. The average Bonchev–Trinajstić information content (AvgIpc) is 3.36. The van der Waals surface area contributed by atoms with E-state index in [1.807, 2.05) is 32.0 Å². The van der Waals surface area contributed by atoms with Crippen LogP contribution < -0.4 is 16.0 Å². The second kappa shape index (κ2) is 14.2. The lowest BCUT2D eigenvalue weighted by atomic mass is 9.97. The van der Waals surface area contributed by atoms with Crippen molar-refractivity contribution in [2.24, 2.45) is 5.92 Å². The van der Waals surface area contributed by atoms with E-state index in [9.17, 15) is 19.2 Å². The van der Waals surface area contributed by atoms with E-state index < -0.39 is 29.6 Å². The van der Waals surface area contributed by atoms with Gasteiger partial charge < -0.3 is 20.9 Å². The normalized spacial score (nSPS) is 24.2. The Morgan fingerprint density at radius 1 is 1.05 bits per heavy atom. The number of amides is 4. The fourth-order valence-electron chi connectivity index (χ4n) is 4.71.